The van der Waals surface area contributed by atoms with Crippen molar-refractivity contribution in [3.63, 3.8) is 0 Å². The molecule has 2 heteroatoms. The van der Waals surface area contributed by atoms with E-state index in [9.17, 15) is 4.79 Å². The third-order valence-corrected chi connectivity index (χ3v) is 0.966. The number of aliphatic hydroxyl groups is 1. The van der Waals surface area contributed by atoms with Gasteiger partial charge in [-0.25, -0.2) is 0 Å². The molecule has 0 aliphatic rings. The summed E-state index contributed by atoms with van der Waals surface area (Å²) in [7, 11) is 0. The molecule has 0 aliphatic carbocycles. The van der Waals surface area contributed by atoms with E-state index < -0.39 is 0 Å². The molecule has 0 aromatic rings. The summed E-state index contributed by atoms with van der Waals surface area (Å²) in [5.74, 6) is -0.206. The lowest BCUT2D eigenvalue weighted by Crippen LogP contribution is -1.92. The molecule has 0 spiro atoms. The number of rotatable bonds is 3. The number of carbonyl (C=O) groups excluding carboxylic acids is 1. The predicted molar refractivity (Wildman–Crippen MR) is 40.7 cm³/mol. The Balaban J connectivity index is 4.10. The first-order valence-corrected chi connectivity index (χ1v) is 2.86. The second-order valence-electron chi connectivity index (χ2n) is 1.77. The molecule has 0 bridgehead atoms. The summed E-state index contributed by atoms with van der Waals surface area (Å²) in [6.45, 7) is 4.93. The van der Waals surface area contributed by atoms with Crippen molar-refractivity contribution in [1.82, 2.24) is 0 Å². The topological polar surface area (TPSA) is 37.3 Å². The minimum absolute atomic E-state index is 0.206. The highest BCUT2D eigenvalue weighted by Crippen LogP contribution is 1.93. The van der Waals surface area contributed by atoms with Gasteiger partial charge in [0.05, 0.1) is 6.26 Å². The Bertz CT molecular complexity index is 187. The van der Waals surface area contributed by atoms with Gasteiger partial charge in [-0.15, -0.1) is 0 Å². The van der Waals surface area contributed by atoms with E-state index in [4.69, 9.17) is 5.11 Å². The van der Waals surface area contributed by atoms with E-state index in [0.717, 1.165) is 6.26 Å². The van der Waals surface area contributed by atoms with Gasteiger partial charge in [-0.05, 0) is 13.0 Å². The van der Waals surface area contributed by atoms with Crippen molar-refractivity contribution in [2.75, 3.05) is 0 Å². The first kappa shape index (κ1) is 8.69. The Morgan fingerprint density at radius 3 is 2.60 bits per heavy atom. The molecule has 0 radical (unpaired) electrons. The third-order valence-electron chi connectivity index (χ3n) is 0.966. The van der Waals surface area contributed by atoms with Crippen LogP contribution in [-0.2, 0) is 4.79 Å². The lowest BCUT2D eigenvalue weighted by Gasteiger charge is -1.87. The molecule has 0 rings (SSSR count). The van der Waals surface area contributed by atoms with Crippen molar-refractivity contribution in [2.45, 2.75) is 6.92 Å². The van der Waals surface area contributed by atoms with E-state index in [1.807, 2.05) is 0 Å². The molecule has 0 unspecified atom stereocenters. The lowest BCUT2D eigenvalue weighted by molar-refractivity contribution is -0.111. The highest BCUT2D eigenvalue weighted by Gasteiger charge is 1.96. The zero-order valence-corrected chi connectivity index (χ0v) is 5.87. The number of carbonyl (C=O) groups is 1. The Morgan fingerprint density at radius 1 is 1.60 bits per heavy atom. The van der Waals surface area contributed by atoms with Crippen molar-refractivity contribution in [1.29, 1.82) is 0 Å². The largest absolute Gasteiger partial charge is 0.515 e. The summed E-state index contributed by atoms with van der Waals surface area (Å²) in [6.07, 6.45) is 5.16. The van der Waals surface area contributed by atoms with E-state index >= 15 is 0 Å². The van der Waals surface area contributed by atoms with Crippen LogP contribution in [0.5, 0.6) is 0 Å². The first-order chi connectivity index (χ1) is 4.72. The van der Waals surface area contributed by atoms with E-state index in [-0.39, 0.29) is 5.78 Å². The van der Waals surface area contributed by atoms with Gasteiger partial charge in [0.15, 0.2) is 5.78 Å². The summed E-state index contributed by atoms with van der Waals surface area (Å²) in [4.78, 5) is 10.8. The van der Waals surface area contributed by atoms with Crippen LogP contribution in [0.2, 0.25) is 0 Å². The highest BCUT2D eigenvalue weighted by molar-refractivity contribution is 6.03. The van der Waals surface area contributed by atoms with E-state index in [2.05, 4.69) is 6.58 Å². The Kier molecular flexibility index (Phi) is 3.96. The average molecular weight is 138 g/mol. The molecule has 54 valence electrons. The number of allylic oxidation sites excluding steroid dienone is 4. The molecule has 1 N–H and O–H groups in total. The maximum atomic E-state index is 10.8. The van der Waals surface area contributed by atoms with Crippen LogP contribution in [0.3, 0.4) is 0 Å². The van der Waals surface area contributed by atoms with Crippen LogP contribution in [0.15, 0.2) is 36.6 Å². The maximum absolute atomic E-state index is 10.8. The lowest BCUT2D eigenvalue weighted by atomic mass is 10.2. The van der Waals surface area contributed by atoms with Gasteiger partial charge in [0.25, 0.3) is 0 Å². The second-order valence-corrected chi connectivity index (χ2v) is 1.77. The molecule has 0 aromatic carbocycles. The minimum Gasteiger partial charge on any atom is -0.515 e. The molecule has 0 amide bonds. The fourth-order valence-corrected chi connectivity index (χ4v) is 0.351. The summed E-state index contributed by atoms with van der Waals surface area (Å²) < 4.78 is 0. The zero-order valence-electron chi connectivity index (χ0n) is 5.87. The highest BCUT2D eigenvalue weighted by atomic mass is 16.2. The fraction of sp³-hybridized carbons (Fsp3) is 0.125. The molecule has 10 heavy (non-hydrogen) atoms. The second kappa shape index (κ2) is 4.56. The van der Waals surface area contributed by atoms with Crippen LogP contribution in [0.25, 0.3) is 0 Å². The van der Waals surface area contributed by atoms with E-state index in [0.29, 0.717) is 5.57 Å². The molecule has 0 aromatic heterocycles. The standard InChI is InChI=1S/C8H10O2/c1-3-4-5-8(10)7(2)6-9/h3-6,9H,1H2,2H3/b5-4-,7-6-. The van der Waals surface area contributed by atoms with Gasteiger partial charge in [0.1, 0.15) is 0 Å². The van der Waals surface area contributed by atoms with Gasteiger partial charge in [-0.2, -0.15) is 0 Å². The zero-order chi connectivity index (χ0) is 7.98. The van der Waals surface area contributed by atoms with Gasteiger partial charge < -0.3 is 5.11 Å². The van der Waals surface area contributed by atoms with Crippen LogP contribution in [0.1, 0.15) is 6.92 Å². The van der Waals surface area contributed by atoms with Crippen molar-refractivity contribution >= 4 is 5.78 Å². The molecular formula is C8H10O2. The van der Waals surface area contributed by atoms with Crippen LogP contribution in [0.4, 0.5) is 0 Å². The summed E-state index contributed by atoms with van der Waals surface area (Å²) in [6, 6.07) is 0. The molecule has 0 atom stereocenters. The van der Waals surface area contributed by atoms with E-state index in [1.54, 1.807) is 0 Å². The Labute approximate surface area is 60.2 Å². The van der Waals surface area contributed by atoms with Gasteiger partial charge >= 0.3 is 0 Å². The van der Waals surface area contributed by atoms with Gasteiger partial charge in [0.2, 0.25) is 0 Å². The maximum Gasteiger partial charge on any atom is 0.184 e. The number of hydrogen-bond donors (Lipinski definition) is 1. The third kappa shape index (κ3) is 2.87. The average Bonchev–Trinajstić information content (AvgIpc) is 1.98. The van der Waals surface area contributed by atoms with Gasteiger partial charge in [-0.3, -0.25) is 4.79 Å². The monoisotopic (exact) mass is 138 g/mol. The predicted octanol–water partition coefficient (Wildman–Crippen LogP) is 1.76. The smallest absolute Gasteiger partial charge is 0.184 e. The molecular weight excluding hydrogens is 128 g/mol. The van der Waals surface area contributed by atoms with Crippen LogP contribution in [0, 0.1) is 0 Å². The fourth-order valence-electron chi connectivity index (χ4n) is 0.351. The number of hydrogen-bond acceptors (Lipinski definition) is 2. The number of aliphatic hydroxyl groups excluding tert-OH is 1. The van der Waals surface area contributed by atoms with Crippen LogP contribution < -0.4 is 0 Å². The van der Waals surface area contributed by atoms with Crippen molar-refractivity contribution in [3.05, 3.63) is 36.6 Å². The minimum atomic E-state index is -0.206. The Morgan fingerprint density at radius 2 is 2.20 bits per heavy atom. The quantitative estimate of drug-likeness (QED) is 0.366. The number of ketones is 1. The molecule has 0 saturated heterocycles. The van der Waals surface area contributed by atoms with Gasteiger partial charge in [-0.1, -0.05) is 18.7 Å². The van der Waals surface area contributed by atoms with Crippen LogP contribution in [-0.4, -0.2) is 10.9 Å². The summed E-state index contributed by atoms with van der Waals surface area (Å²) >= 11 is 0. The molecule has 0 heterocycles. The van der Waals surface area contributed by atoms with Crippen molar-refractivity contribution < 1.29 is 9.90 Å². The van der Waals surface area contributed by atoms with Crippen molar-refractivity contribution in [3.8, 4) is 0 Å². The molecule has 0 aliphatic heterocycles. The molecule has 0 fully saturated rings. The first-order valence-electron chi connectivity index (χ1n) is 2.86. The normalized spacial score (nSPS) is 11.9. The SMILES string of the molecule is C=C/C=C\C(=O)/C(C)=C\O. The van der Waals surface area contributed by atoms with Crippen molar-refractivity contribution in [2.24, 2.45) is 0 Å². The summed E-state index contributed by atoms with van der Waals surface area (Å²) in [5, 5.41) is 8.36. The summed E-state index contributed by atoms with van der Waals surface area (Å²) in [5.41, 5.74) is 0.318. The van der Waals surface area contributed by atoms with Gasteiger partial charge in [0, 0.05) is 5.57 Å². The van der Waals surface area contributed by atoms with Crippen LogP contribution >= 0.6 is 0 Å². The van der Waals surface area contributed by atoms with E-state index in [1.165, 1.54) is 25.2 Å². The Hall–Kier alpha value is -1.31. The molecule has 0 saturated carbocycles. The molecule has 2 nitrogen and oxygen atoms in total.